The van der Waals surface area contributed by atoms with Gasteiger partial charge < -0.3 is 10.6 Å². The molecule has 8 heteroatoms. The van der Waals surface area contributed by atoms with E-state index in [4.69, 9.17) is 5.73 Å². The van der Waals surface area contributed by atoms with Crippen LogP contribution in [-0.2, 0) is 17.9 Å². The van der Waals surface area contributed by atoms with Crippen LogP contribution in [0.1, 0.15) is 43.9 Å². The van der Waals surface area contributed by atoms with Gasteiger partial charge in [-0.3, -0.25) is 14.5 Å². The number of nitrogens with zero attached hydrogens (tertiary/aromatic N) is 5. The number of rotatable bonds is 5. The Morgan fingerprint density at radius 1 is 1.07 bits per heavy atom. The fourth-order valence-corrected chi connectivity index (χ4v) is 3.67. The Morgan fingerprint density at radius 3 is 2.36 bits per heavy atom. The molecule has 0 atom stereocenters. The summed E-state index contributed by atoms with van der Waals surface area (Å²) in [6.45, 7) is 10.7. The van der Waals surface area contributed by atoms with Gasteiger partial charge in [0, 0.05) is 25.2 Å². The van der Waals surface area contributed by atoms with Crippen molar-refractivity contribution in [1.82, 2.24) is 24.6 Å². The summed E-state index contributed by atoms with van der Waals surface area (Å²) in [5.41, 5.74) is 5.92. The summed E-state index contributed by atoms with van der Waals surface area (Å²) in [5, 5.41) is 3.97. The van der Waals surface area contributed by atoms with Gasteiger partial charge in [-0.05, 0) is 33.3 Å². The summed E-state index contributed by atoms with van der Waals surface area (Å²) in [6, 6.07) is 10.4. The van der Waals surface area contributed by atoms with Crippen LogP contribution in [0, 0.1) is 0 Å². The summed E-state index contributed by atoms with van der Waals surface area (Å²) in [7, 11) is 0. The van der Waals surface area contributed by atoms with Gasteiger partial charge >= 0.3 is 0 Å². The van der Waals surface area contributed by atoms with Crippen molar-refractivity contribution in [3.8, 4) is 0 Å². The van der Waals surface area contributed by atoms with Gasteiger partial charge in [0.05, 0.1) is 5.54 Å². The van der Waals surface area contributed by atoms with E-state index in [0.29, 0.717) is 6.54 Å². The molecule has 8 nitrogen and oxygen atoms in total. The Kier molecular flexibility index (Phi) is 5.25. The Bertz CT molecular complexity index is 859. The zero-order chi connectivity index (χ0) is 20.5. The summed E-state index contributed by atoms with van der Waals surface area (Å²) < 4.78 is 1.36. The molecule has 1 aromatic carbocycles. The predicted molar refractivity (Wildman–Crippen MR) is 105 cm³/mol. The number of hydrogen-bond donors (Lipinski definition) is 1. The number of carbonyl (C=O) groups excluding carboxylic acids is 2. The zero-order valence-corrected chi connectivity index (χ0v) is 16.9. The number of carbonyl (C=O) groups is 2. The second-order valence-electron chi connectivity index (χ2n) is 8.58. The topological polar surface area (TPSA) is 97.3 Å². The van der Waals surface area contributed by atoms with Crippen molar-refractivity contribution in [2.75, 3.05) is 13.1 Å². The molecule has 28 heavy (non-hydrogen) atoms. The Hall–Kier alpha value is -2.74. The van der Waals surface area contributed by atoms with Crippen LogP contribution in [0.5, 0.6) is 0 Å². The van der Waals surface area contributed by atoms with E-state index in [1.165, 1.54) is 16.6 Å². The van der Waals surface area contributed by atoms with Gasteiger partial charge in [0.15, 0.2) is 0 Å². The molecule has 2 heterocycles. The van der Waals surface area contributed by atoms with Gasteiger partial charge in [0.2, 0.25) is 11.7 Å². The van der Waals surface area contributed by atoms with E-state index in [-0.39, 0.29) is 29.4 Å². The lowest BCUT2D eigenvalue weighted by Gasteiger charge is -2.55. The van der Waals surface area contributed by atoms with Gasteiger partial charge in [-0.1, -0.05) is 30.3 Å². The minimum Gasteiger partial charge on any atom is -0.363 e. The van der Waals surface area contributed by atoms with Crippen LogP contribution in [0.4, 0.5) is 0 Å². The van der Waals surface area contributed by atoms with Gasteiger partial charge in [-0.2, -0.15) is 0 Å². The highest BCUT2D eigenvalue weighted by Gasteiger charge is 2.45. The molecule has 1 aliphatic heterocycles. The molecular weight excluding hydrogens is 356 g/mol. The number of aromatic nitrogens is 3. The van der Waals surface area contributed by atoms with Crippen molar-refractivity contribution >= 4 is 11.8 Å². The molecule has 3 rings (SSSR count). The minimum atomic E-state index is -0.706. The summed E-state index contributed by atoms with van der Waals surface area (Å²) in [5.74, 6) is -0.847. The largest absolute Gasteiger partial charge is 0.363 e. The third-order valence-electron chi connectivity index (χ3n) is 5.28. The van der Waals surface area contributed by atoms with Crippen molar-refractivity contribution in [1.29, 1.82) is 0 Å². The molecule has 2 aromatic rings. The molecule has 0 bridgehead atoms. The van der Waals surface area contributed by atoms with Gasteiger partial charge in [0.25, 0.3) is 5.91 Å². The normalized spacial score (nSPS) is 18.8. The average Bonchev–Trinajstić information content (AvgIpc) is 3.07. The predicted octanol–water partition coefficient (Wildman–Crippen LogP) is 1.28. The lowest BCUT2D eigenvalue weighted by molar-refractivity contribution is -0.148. The highest BCUT2D eigenvalue weighted by atomic mass is 16.2. The SMILES string of the molecule is CC1(C)CN(C(=O)Cn2cnc(C(N)=O)n2)C(C)(C)CN1Cc1ccccc1. The van der Waals surface area contributed by atoms with Gasteiger partial charge in [-0.15, -0.1) is 5.10 Å². The highest BCUT2D eigenvalue weighted by Crippen LogP contribution is 2.32. The van der Waals surface area contributed by atoms with Crippen molar-refractivity contribution in [2.45, 2.75) is 51.9 Å². The number of nitrogens with two attached hydrogens (primary N) is 1. The molecule has 0 aliphatic carbocycles. The molecular formula is C20H28N6O2. The van der Waals surface area contributed by atoms with Gasteiger partial charge in [0.1, 0.15) is 12.9 Å². The molecule has 1 aliphatic rings. The molecule has 0 spiro atoms. The Labute approximate surface area is 165 Å². The molecule has 2 amide bonds. The zero-order valence-electron chi connectivity index (χ0n) is 16.9. The number of benzene rings is 1. The molecule has 0 saturated carbocycles. The van der Waals surface area contributed by atoms with Gasteiger partial charge in [-0.25, -0.2) is 9.67 Å². The minimum absolute atomic E-state index is 0.0263. The molecule has 150 valence electrons. The lowest BCUT2D eigenvalue weighted by Crippen LogP contribution is -2.68. The van der Waals surface area contributed by atoms with Crippen LogP contribution in [0.2, 0.25) is 0 Å². The smallest absolute Gasteiger partial charge is 0.288 e. The van der Waals surface area contributed by atoms with E-state index in [9.17, 15) is 9.59 Å². The van der Waals surface area contributed by atoms with Crippen LogP contribution >= 0.6 is 0 Å². The van der Waals surface area contributed by atoms with E-state index in [1.807, 2.05) is 23.1 Å². The first kappa shape index (κ1) is 20.0. The summed E-state index contributed by atoms with van der Waals surface area (Å²) in [6.07, 6.45) is 1.36. The van der Waals surface area contributed by atoms with Crippen LogP contribution in [0.3, 0.4) is 0 Å². The van der Waals surface area contributed by atoms with E-state index in [1.54, 1.807) is 0 Å². The molecule has 0 radical (unpaired) electrons. The quantitative estimate of drug-likeness (QED) is 0.837. The maximum absolute atomic E-state index is 13.0. The number of hydrogen-bond acceptors (Lipinski definition) is 5. The van der Waals surface area contributed by atoms with Crippen LogP contribution < -0.4 is 5.73 Å². The summed E-state index contributed by atoms with van der Waals surface area (Å²) in [4.78, 5) is 32.3. The maximum Gasteiger partial charge on any atom is 0.288 e. The molecule has 1 aromatic heterocycles. The van der Waals surface area contributed by atoms with Crippen LogP contribution in [0.25, 0.3) is 0 Å². The first-order valence-corrected chi connectivity index (χ1v) is 9.37. The van der Waals surface area contributed by atoms with Crippen molar-refractivity contribution in [3.63, 3.8) is 0 Å². The highest BCUT2D eigenvalue weighted by molar-refractivity contribution is 5.88. The number of piperazine rings is 1. The fraction of sp³-hybridized carbons (Fsp3) is 0.500. The monoisotopic (exact) mass is 384 g/mol. The average molecular weight is 384 g/mol. The van der Waals surface area contributed by atoms with E-state index >= 15 is 0 Å². The second-order valence-corrected chi connectivity index (χ2v) is 8.58. The van der Waals surface area contributed by atoms with E-state index < -0.39 is 5.91 Å². The lowest BCUT2D eigenvalue weighted by atomic mass is 9.88. The maximum atomic E-state index is 13.0. The summed E-state index contributed by atoms with van der Waals surface area (Å²) >= 11 is 0. The van der Waals surface area contributed by atoms with Crippen molar-refractivity contribution in [2.24, 2.45) is 5.73 Å². The molecule has 1 fully saturated rings. The second kappa shape index (κ2) is 7.35. The number of primary amides is 1. The molecule has 2 N–H and O–H groups in total. The fourth-order valence-electron chi connectivity index (χ4n) is 3.67. The van der Waals surface area contributed by atoms with Crippen molar-refractivity contribution in [3.05, 3.63) is 48.0 Å². The molecule has 1 saturated heterocycles. The van der Waals surface area contributed by atoms with E-state index in [0.717, 1.165) is 13.1 Å². The van der Waals surface area contributed by atoms with Crippen molar-refractivity contribution < 1.29 is 9.59 Å². The van der Waals surface area contributed by atoms with Crippen LogP contribution in [-0.4, -0.2) is 60.5 Å². The third-order valence-corrected chi connectivity index (χ3v) is 5.28. The first-order chi connectivity index (χ1) is 13.1. The van der Waals surface area contributed by atoms with Crippen LogP contribution in [0.15, 0.2) is 36.7 Å². The third kappa shape index (κ3) is 4.22. The molecule has 0 unspecified atom stereocenters. The Balaban J connectivity index is 1.74. The first-order valence-electron chi connectivity index (χ1n) is 9.37. The Morgan fingerprint density at radius 2 is 1.75 bits per heavy atom. The standard InChI is InChI=1S/C20H28N6O2/c1-19(2)13-26(16(27)11-25-14-22-18(23-25)17(21)28)20(3,4)12-24(19)10-15-8-6-5-7-9-15/h5-9,14H,10-13H2,1-4H3,(H2,21,28). The van der Waals surface area contributed by atoms with E-state index in [2.05, 4.69) is 54.8 Å². The number of amides is 2.